The van der Waals surface area contributed by atoms with Crippen LogP contribution < -0.4 is 5.32 Å². The summed E-state index contributed by atoms with van der Waals surface area (Å²) in [5, 5.41) is 4.01. The number of carbonyl (C=O) groups is 1. The highest BCUT2D eigenvalue weighted by molar-refractivity contribution is 7.99. The minimum atomic E-state index is -0.544. The smallest absolute Gasteiger partial charge is 0.226 e. The van der Waals surface area contributed by atoms with E-state index in [1.165, 1.54) is 0 Å². The number of nitrogens with zero attached hydrogens (tertiary/aromatic N) is 2. The van der Waals surface area contributed by atoms with Gasteiger partial charge in [-0.15, -0.1) is 11.6 Å². The Balaban J connectivity index is 1.82. The van der Waals surface area contributed by atoms with Gasteiger partial charge in [0, 0.05) is 35.3 Å². The normalized spacial score (nSPS) is 11.7. The summed E-state index contributed by atoms with van der Waals surface area (Å²) in [5.74, 6) is 1.18. The number of amides is 1. The van der Waals surface area contributed by atoms with E-state index in [4.69, 9.17) is 16.6 Å². The van der Waals surface area contributed by atoms with E-state index in [2.05, 4.69) is 72.3 Å². The van der Waals surface area contributed by atoms with Gasteiger partial charge in [0.05, 0.1) is 16.8 Å². The first-order chi connectivity index (χ1) is 15.3. The molecule has 0 aliphatic rings. The van der Waals surface area contributed by atoms with E-state index in [1.54, 1.807) is 11.8 Å². The second kappa shape index (κ2) is 11.1. The molecule has 3 rings (SSSR count). The van der Waals surface area contributed by atoms with Crippen LogP contribution in [-0.2, 0) is 4.79 Å². The second-order valence-electron chi connectivity index (χ2n) is 8.76. The Kier molecular flexibility index (Phi) is 8.44. The van der Waals surface area contributed by atoms with Gasteiger partial charge in [0.2, 0.25) is 5.91 Å². The second-order valence-corrected chi connectivity index (χ2v) is 10.1. The maximum absolute atomic E-state index is 12.2. The van der Waals surface area contributed by atoms with Crippen LogP contribution in [0.15, 0.2) is 65.8 Å². The molecule has 0 spiro atoms. The number of alkyl halides is 1. The van der Waals surface area contributed by atoms with Crippen LogP contribution in [0.5, 0.6) is 0 Å². The molecular formula is C26H32ClN3OS. The van der Waals surface area contributed by atoms with Gasteiger partial charge in [0.25, 0.3) is 0 Å². The van der Waals surface area contributed by atoms with Crippen LogP contribution in [0.2, 0.25) is 0 Å². The molecule has 3 aromatic rings. The Morgan fingerprint density at radius 2 is 1.66 bits per heavy atom. The van der Waals surface area contributed by atoms with Crippen molar-refractivity contribution >= 4 is 29.3 Å². The van der Waals surface area contributed by atoms with Crippen molar-refractivity contribution in [1.82, 2.24) is 14.9 Å². The van der Waals surface area contributed by atoms with Crippen LogP contribution in [0.4, 0.5) is 0 Å². The molecule has 0 bridgehead atoms. The van der Waals surface area contributed by atoms with Crippen molar-refractivity contribution in [2.75, 3.05) is 18.2 Å². The van der Waals surface area contributed by atoms with E-state index in [-0.39, 0.29) is 11.9 Å². The predicted octanol–water partition coefficient (Wildman–Crippen LogP) is 6.66. The van der Waals surface area contributed by atoms with Crippen LogP contribution in [0.25, 0.3) is 22.5 Å². The van der Waals surface area contributed by atoms with Gasteiger partial charge in [0.15, 0.2) is 5.16 Å². The van der Waals surface area contributed by atoms with Crippen molar-refractivity contribution in [3.8, 4) is 22.5 Å². The molecule has 0 aliphatic carbocycles. The molecule has 4 nitrogen and oxygen atoms in total. The van der Waals surface area contributed by atoms with Gasteiger partial charge in [-0.2, -0.15) is 0 Å². The van der Waals surface area contributed by atoms with Crippen LogP contribution in [0.1, 0.15) is 40.2 Å². The van der Waals surface area contributed by atoms with Crippen molar-refractivity contribution in [1.29, 1.82) is 0 Å². The molecule has 1 aromatic heterocycles. The third kappa shape index (κ3) is 5.76. The summed E-state index contributed by atoms with van der Waals surface area (Å²) in [6.45, 7) is 8.74. The molecule has 0 fully saturated rings. The highest BCUT2D eigenvalue weighted by Crippen LogP contribution is 2.38. The molecule has 0 aliphatic heterocycles. The SMILES string of the molecule is CC(C)n1c(SCCCNC(=O)C(C)(C)CCl)nc(-c2ccccc2)c1-c1ccccc1. The molecule has 0 atom stereocenters. The van der Waals surface area contributed by atoms with E-state index in [1.807, 2.05) is 26.0 Å². The molecule has 0 saturated carbocycles. The summed E-state index contributed by atoms with van der Waals surface area (Å²) in [5.41, 5.74) is 3.88. The maximum atomic E-state index is 12.2. The minimum absolute atomic E-state index is 0.00101. The van der Waals surface area contributed by atoms with E-state index in [0.717, 1.165) is 39.8 Å². The molecule has 0 unspecified atom stereocenters. The van der Waals surface area contributed by atoms with Crippen molar-refractivity contribution in [3.05, 3.63) is 60.7 Å². The number of benzene rings is 2. The van der Waals surface area contributed by atoms with Gasteiger partial charge < -0.3 is 9.88 Å². The lowest BCUT2D eigenvalue weighted by molar-refractivity contribution is -0.128. The first kappa shape index (κ1) is 24.4. The molecule has 32 heavy (non-hydrogen) atoms. The molecule has 1 heterocycles. The van der Waals surface area contributed by atoms with Gasteiger partial charge in [-0.05, 0) is 34.1 Å². The summed E-state index contributed by atoms with van der Waals surface area (Å²) < 4.78 is 2.33. The highest BCUT2D eigenvalue weighted by Gasteiger charge is 2.26. The lowest BCUT2D eigenvalue weighted by atomic mass is 9.95. The Morgan fingerprint density at radius 1 is 1.06 bits per heavy atom. The van der Waals surface area contributed by atoms with Crippen LogP contribution in [0.3, 0.4) is 0 Å². The zero-order chi connectivity index (χ0) is 23.1. The zero-order valence-electron chi connectivity index (χ0n) is 19.3. The number of carbonyl (C=O) groups excluding carboxylic acids is 1. The summed E-state index contributed by atoms with van der Waals surface area (Å²) in [7, 11) is 0. The Labute approximate surface area is 200 Å². The van der Waals surface area contributed by atoms with Gasteiger partial charge in [0.1, 0.15) is 0 Å². The fourth-order valence-corrected chi connectivity index (χ4v) is 4.59. The van der Waals surface area contributed by atoms with Crippen LogP contribution in [0, 0.1) is 5.41 Å². The van der Waals surface area contributed by atoms with Crippen LogP contribution >= 0.6 is 23.4 Å². The molecule has 2 aromatic carbocycles. The Hall–Kier alpha value is -2.24. The average Bonchev–Trinajstić information content (AvgIpc) is 3.19. The summed E-state index contributed by atoms with van der Waals surface area (Å²) in [6, 6.07) is 21.1. The third-order valence-corrected chi connectivity index (χ3v) is 6.98. The predicted molar refractivity (Wildman–Crippen MR) is 136 cm³/mol. The molecular weight excluding hydrogens is 438 g/mol. The maximum Gasteiger partial charge on any atom is 0.226 e. The van der Waals surface area contributed by atoms with Crippen molar-refractivity contribution < 1.29 is 4.79 Å². The standard InChI is InChI=1S/C26H32ClN3OS/c1-19(2)30-23(21-14-9-6-10-15-21)22(20-12-7-5-8-13-20)29-25(30)32-17-11-16-28-24(31)26(3,4)18-27/h5-10,12-15,19H,11,16-18H2,1-4H3,(H,28,31). The van der Waals surface area contributed by atoms with E-state index < -0.39 is 5.41 Å². The number of thioether (sulfide) groups is 1. The van der Waals surface area contributed by atoms with E-state index in [0.29, 0.717) is 12.4 Å². The lowest BCUT2D eigenvalue weighted by Crippen LogP contribution is -2.38. The topological polar surface area (TPSA) is 46.9 Å². The monoisotopic (exact) mass is 469 g/mol. The number of aromatic nitrogens is 2. The molecule has 1 N–H and O–H groups in total. The van der Waals surface area contributed by atoms with Gasteiger partial charge in [-0.3, -0.25) is 4.79 Å². The van der Waals surface area contributed by atoms with Crippen molar-refractivity contribution in [2.45, 2.75) is 45.3 Å². The van der Waals surface area contributed by atoms with E-state index in [9.17, 15) is 4.79 Å². The van der Waals surface area contributed by atoms with Crippen molar-refractivity contribution in [3.63, 3.8) is 0 Å². The molecule has 1 amide bonds. The zero-order valence-corrected chi connectivity index (χ0v) is 20.8. The van der Waals surface area contributed by atoms with Gasteiger partial charge in [-0.25, -0.2) is 4.98 Å². The third-order valence-electron chi connectivity index (χ3n) is 5.28. The number of hydrogen-bond donors (Lipinski definition) is 1. The number of halogens is 1. The van der Waals surface area contributed by atoms with E-state index >= 15 is 0 Å². The first-order valence-electron chi connectivity index (χ1n) is 11.0. The number of hydrogen-bond acceptors (Lipinski definition) is 3. The Morgan fingerprint density at radius 3 is 2.22 bits per heavy atom. The fraction of sp³-hybridized carbons (Fsp3) is 0.385. The first-order valence-corrected chi connectivity index (χ1v) is 12.6. The lowest BCUT2D eigenvalue weighted by Gasteiger charge is -2.20. The van der Waals surface area contributed by atoms with Gasteiger partial charge in [-0.1, -0.05) is 72.4 Å². The van der Waals surface area contributed by atoms with Crippen LogP contribution in [-0.4, -0.2) is 33.6 Å². The van der Waals surface area contributed by atoms with Crippen molar-refractivity contribution in [2.24, 2.45) is 5.41 Å². The number of imidazole rings is 1. The number of nitrogens with one attached hydrogen (secondary N) is 1. The minimum Gasteiger partial charge on any atom is -0.356 e. The molecule has 0 radical (unpaired) electrons. The van der Waals surface area contributed by atoms with Gasteiger partial charge >= 0.3 is 0 Å². The Bertz CT molecular complexity index is 1020. The molecule has 0 saturated heterocycles. The summed E-state index contributed by atoms with van der Waals surface area (Å²) in [6.07, 6.45) is 0.862. The molecule has 170 valence electrons. The largest absolute Gasteiger partial charge is 0.356 e. The highest BCUT2D eigenvalue weighted by atomic mass is 35.5. The summed E-state index contributed by atoms with van der Waals surface area (Å²) in [4.78, 5) is 17.3. The summed E-state index contributed by atoms with van der Waals surface area (Å²) >= 11 is 7.64. The average molecular weight is 470 g/mol. The molecule has 6 heteroatoms. The number of rotatable bonds is 10. The fourth-order valence-electron chi connectivity index (χ4n) is 3.40. The quantitative estimate of drug-likeness (QED) is 0.205.